The number of carbonyl (C=O) groups excluding carboxylic acids is 2. The van der Waals surface area contributed by atoms with Gasteiger partial charge in [-0.05, 0) is 23.9 Å². The van der Waals surface area contributed by atoms with E-state index in [1.165, 1.54) is 21.9 Å². The molecule has 1 aliphatic rings. The average molecular weight is 402 g/mol. The number of nitrogens with zero attached hydrogens (tertiary/aromatic N) is 1. The Labute approximate surface area is 169 Å². The van der Waals surface area contributed by atoms with Crippen LogP contribution in [0.1, 0.15) is 30.7 Å². The summed E-state index contributed by atoms with van der Waals surface area (Å²) in [4.78, 5) is 26.9. The summed E-state index contributed by atoms with van der Waals surface area (Å²) in [7, 11) is 3.22. The molecule has 2 rings (SSSR count). The summed E-state index contributed by atoms with van der Waals surface area (Å²) >= 11 is 1.67. The van der Waals surface area contributed by atoms with Crippen molar-refractivity contribution in [1.82, 2.24) is 15.5 Å². The van der Waals surface area contributed by atoms with Crippen LogP contribution in [0.25, 0.3) is 0 Å². The number of nitrogens with one attached hydrogen (secondary N) is 2. The predicted octanol–water partition coefficient (Wildman–Crippen LogP) is 3.21. The first kappa shape index (κ1) is 21.5. The number of ketones is 1. The molecule has 7 heteroatoms. The van der Waals surface area contributed by atoms with Crippen molar-refractivity contribution in [3.63, 3.8) is 0 Å². The van der Waals surface area contributed by atoms with Crippen LogP contribution in [-0.4, -0.2) is 42.3 Å². The molecule has 1 aliphatic carbocycles. The van der Waals surface area contributed by atoms with E-state index in [9.17, 15) is 14.7 Å². The molecule has 1 atom stereocenters. The maximum absolute atomic E-state index is 12.3. The molecular weight excluding hydrogens is 374 g/mol. The third-order valence-corrected chi connectivity index (χ3v) is 5.33. The molecule has 0 saturated carbocycles. The minimum atomic E-state index is -0.326. The fraction of sp³-hybridized carbons (Fsp3) is 0.333. The van der Waals surface area contributed by atoms with Crippen LogP contribution in [0.5, 0.6) is 0 Å². The van der Waals surface area contributed by atoms with Gasteiger partial charge >= 0.3 is 0 Å². The van der Waals surface area contributed by atoms with Gasteiger partial charge < -0.3 is 20.6 Å². The second-order valence-corrected chi connectivity index (χ2v) is 7.56. The highest BCUT2D eigenvalue weighted by Gasteiger charge is 2.29. The van der Waals surface area contributed by atoms with Gasteiger partial charge in [0.2, 0.25) is 0 Å². The van der Waals surface area contributed by atoms with Crippen molar-refractivity contribution in [1.29, 1.82) is 0 Å². The van der Waals surface area contributed by atoms with E-state index in [0.717, 1.165) is 12.1 Å². The monoisotopic (exact) mass is 401 g/mol. The van der Waals surface area contributed by atoms with Gasteiger partial charge in [0.1, 0.15) is 5.76 Å². The number of thiophene rings is 1. The topological polar surface area (TPSA) is 81.7 Å². The second kappa shape index (κ2) is 9.94. The molecule has 6 nitrogen and oxygen atoms in total. The molecule has 1 aromatic rings. The Balaban J connectivity index is 2.14. The number of carbonyl (C=O) groups is 2. The molecule has 150 valence electrons. The smallest absolute Gasteiger partial charge is 0.256 e. The number of rotatable bonds is 10. The Morgan fingerprint density at radius 1 is 1.46 bits per heavy atom. The summed E-state index contributed by atoms with van der Waals surface area (Å²) in [5.74, 6) is -0.472. The molecule has 0 aliphatic heterocycles. The Hall–Kier alpha value is -2.80. The molecule has 0 spiro atoms. The van der Waals surface area contributed by atoms with Gasteiger partial charge in [0, 0.05) is 24.7 Å². The number of aliphatic hydroxyl groups is 1. The fourth-order valence-corrected chi connectivity index (χ4v) is 3.63. The SMILES string of the molecule is C=C/C=C\C(C(=O)N(C)C)=C(\O)CNC1=C(NC(CC)c2cccs2)CC1=O. The Morgan fingerprint density at radius 2 is 2.21 bits per heavy atom. The lowest BCUT2D eigenvalue weighted by Gasteiger charge is -2.28. The van der Waals surface area contributed by atoms with E-state index >= 15 is 0 Å². The van der Waals surface area contributed by atoms with Crippen LogP contribution in [0.3, 0.4) is 0 Å². The molecule has 0 bridgehead atoms. The van der Waals surface area contributed by atoms with E-state index in [4.69, 9.17) is 0 Å². The van der Waals surface area contributed by atoms with Crippen LogP contribution in [0.2, 0.25) is 0 Å². The van der Waals surface area contributed by atoms with Gasteiger partial charge in [0.15, 0.2) is 5.78 Å². The van der Waals surface area contributed by atoms with E-state index in [1.54, 1.807) is 31.5 Å². The third-order valence-electron chi connectivity index (χ3n) is 4.34. The zero-order chi connectivity index (χ0) is 20.7. The highest BCUT2D eigenvalue weighted by molar-refractivity contribution is 7.10. The minimum Gasteiger partial charge on any atom is -0.510 e. The van der Waals surface area contributed by atoms with Crippen LogP contribution in [-0.2, 0) is 9.59 Å². The molecule has 0 radical (unpaired) electrons. The number of aliphatic hydroxyl groups excluding tert-OH is 1. The van der Waals surface area contributed by atoms with Gasteiger partial charge in [0.05, 0.1) is 30.3 Å². The largest absolute Gasteiger partial charge is 0.510 e. The number of Topliss-reactive ketones (excluding diaryl/α,β-unsaturated/α-hetero) is 1. The molecule has 0 aromatic carbocycles. The lowest BCUT2D eigenvalue weighted by atomic mass is 9.97. The second-order valence-electron chi connectivity index (χ2n) is 6.58. The third kappa shape index (κ3) is 5.13. The molecule has 1 unspecified atom stereocenters. The van der Waals surface area contributed by atoms with Crippen LogP contribution >= 0.6 is 11.3 Å². The Bertz CT molecular complexity index is 820. The fourth-order valence-electron chi connectivity index (χ4n) is 2.77. The van der Waals surface area contributed by atoms with Crippen LogP contribution in [0, 0.1) is 0 Å². The van der Waals surface area contributed by atoms with Crippen molar-refractivity contribution >= 4 is 23.0 Å². The van der Waals surface area contributed by atoms with Crippen molar-refractivity contribution < 1.29 is 14.7 Å². The molecule has 0 fully saturated rings. The van der Waals surface area contributed by atoms with Crippen molar-refractivity contribution in [2.75, 3.05) is 20.6 Å². The zero-order valence-corrected chi connectivity index (χ0v) is 17.3. The summed E-state index contributed by atoms with van der Waals surface area (Å²) in [6, 6.07) is 4.22. The van der Waals surface area contributed by atoms with Crippen LogP contribution in [0.4, 0.5) is 0 Å². The first-order chi connectivity index (χ1) is 13.4. The van der Waals surface area contributed by atoms with Crippen LogP contribution in [0.15, 0.2) is 65.0 Å². The van der Waals surface area contributed by atoms with Crippen molar-refractivity contribution in [2.24, 2.45) is 0 Å². The molecule has 3 N–H and O–H groups in total. The molecule has 1 aromatic heterocycles. The summed E-state index contributed by atoms with van der Waals surface area (Å²) < 4.78 is 0. The minimum absolute atomic E-state index is 0.0153. The van der Waals surface area contributed by atoms with E-state index < -0.39 is 0 Å². The summed E-state index contributed by atoms with van der Waals surface area (Å²) in [6.45, 7) is 5.65. The number of hydrogen-bond acceptors (Lipinski definition) is 6. The molecular formula is C21H27N3O3S. The number of allylic oxidation sites excluding steroid dienone is 4. The average Bonchev–Trinajstić information content (AvgIpc) is 3.19. The van der Waals surface area contributed by atoms with Crippen molar-refractivity contribution in [3.05, 3.63) is 69.9 Å². The standard InChI is InChI=1S/C21H27N3O3S/c1-5-7-9-14(21(27)24(3)4)18(26)13-22-20-16(12-17(20)25)23-15(6-2)19-10-8-11-28-19/h5,7-11,15,22-23,26H,1,6,12-13H2,2-4H3/b9-7-,18-14-. The van der Waals surface area contributed by atoms with Gasteiger partial charge in [-0.3, -0.25) is 9.59 Å². The zero-order valence-electron chi connectivity index (χ0n) is 16.5. The highest BCUT2D eigenvalue weighted by atomic mass is 32.1. The van der Waals surface area contributed by atoms with Crippen molar-refractivity contribution in [2.45, 2.75) is 25.8 Å². The van der Waals surface area contributed by atoms with Crippen LogP contribution < -0.4 is 10.6 Å². The van der Waals surface area contributed by atoms with E-state index in [-0.39, 0.29) is 35.6 Å². The molecule has 1 amide bonds. The van der Waals surface area contributed by atoms with Gasteiger partial charge in [-0.15, -0.1) is 11.3 Å². The highest BCUT2D eigenvalue weighted by Crippen LogP contribution is 2.27. The van der Waals surface area contributed by atoms with E-state index in [0.29, 0.717) is 12.1 Å². The molecule has 0 saturated heterocycles. The molecule has 28 heavy (non-hydrogen) atoms. The first-order valence-electron chi connectivity index (χ1n) is 9.12. The Kier molecular flexibility index (Phi) is 7.63. The summed E-state index contributed by atoms with van der Waals surface area (Å²) in [6.07, 6.45) is 5.85. The summed E-state index contributed by atoms with van der Waals surface area (Å²) in [5, 5.41) is 18.8. The van der Waals surface area contributed by atoms with E-state index in [2.05, 4.69) is 30.2 Å². The normalized spacial score (nSPS) is 15.8. The van der Waals surface area contributed by atoms with Gasteiger partial charge in [-0.25, -0.2) is 0 Å². The first-order valence-corrected chi connectivity index (χ1v) is 10.00. The van der Waals surface area contributed by atoms with Gasteiger partial charge in [0.25, 0.3) is 5.91 Å². The number of likely N-dealkylation sites (N-methyl/N-ethyl adjacent to an activating group) is 1. The maximum atomic E-state index is 12.3. The quantitative estimate of drug-likeness (QED) is 0.319. The summed E-state index contributed by atoms with van der Waals surface area (Å²) in [5.41, 5.74) is 1.45. The lowest BCUT2D eigenvalue weighted by molar-refractivity contribution is -0.124. The lowest BCUT2D eigenvalue weighted by Crippen LogP contribution is -2.38. The number of hydrogen-bond donors (Lipinski definition) is 3. The number of amides is 1. The van der Waals surface area contributed by atoms with Gasteiger partial charge in [-0.1, -0.05) is 31.7 Å². The Morgan fingerprint density at radius 3 is 2.75 bits per heavy atom. The van der Waals surface area contributed by atoms with Gasteiger partial charge in [-0.2, -0.15) is 0 Å². The van der Waals surface area contributed by atoms with Crippen molar-refractivity contribution in [3.8, 4) is 0 Å². The molecule has 1 heterocycles. The van der Waals surface area contributed by atoms with E-state index in [1.807, 2.05) is 11.4 Å². The maximum Gasteiger partial charge on any atom is 0.256 e. The predicted molar refractivity (Wildman–Crippen MR) is 113 cm³/mol.